The van der Waals surface area contributed by atoms with Crippen LogP contribution in [0.25, 0.3) is 21.7 Å². The zero-order valence-corrected chi connectivity index (χ0v) is 25.9. The van der Waals surface area contributed by atoms with Crippen LogP contribution in [0.5, 0.6) is 11.5 Å². The molecule has 2 heterocycles. The average molecular weight is 578 g/mol. The summed E-state index contributed by atoms with van der Waals surface area (Å²) in [5, 5.41) is 2.63. The number of methoxy groups -OCH3 is 1. The maximum Gasteiger partial charge on any atom is 0.444 e. The highest BCUT2D eigenvalue weighted by Gasteiger charge is 2.38. The number of nitrogens with zero attached hydrogens (tertiary/aromatic N) is 3. The van der Waals surface area contributed by atoms with Crippen LogP contribution in [0.3, 0.4) is 0 Å². The third kappa shape index (κ3) is 6.35. The molecule has 8 nitrogen and oxygen atoms in total. The van der Waals surface area contributed by atoms with Gasteiger partial charge in [-0.1, -0.05) is 26.0 Å². The average Bonchev–Trinajstić information content (AvgIpc) is 2.88. The van der Waals surface area contributed by atoms with Gasteiger partial charge in [0.25, 0.3) is 5.56 Å². The molecule has 2 aromatic heterocycles. The number of carbonyl (C=O) groups excluding carboxylic acids is 1. The van der Waals surface area contributed by atoms with Gasteiger partial charge in [0.05, 0.1) is 35.8 Å². The van der Waals surface area contributed by atoms with Gasteiger partial charge in [-0.2, -0.15) is 0 Å². The van der Waals surface area contributed by atoms with Crippen LogP contribution in [0.4, 0.5) is 9.18 Å². The Kier molecular flexibility index (Phi) is 8.53. The Morgan fingerprint density at radius 3 is 2.29 bits per heavy atom. The highest BCUT2D eigenvalue weighted by molar-refractivity contribution is 6.06. The first-order valence-electron chi connectivity index (χ1n) is 14.1. The number of hydrogen-bond donors (Lipinski definition) is 0. The van der Waals surface area contributed by atoms with Gasteiger partial charge in [0.1, 0.15) is 11.4 Å². The van der Waals surface area contributed by atoms with Gasteiger partial charge in [0.15, 0.2) is 11.6 Å². The predicted molar refractivity (Wildman–Crippen MR) is 163 cm³/mol. The van der Waals surface area contributed by atoms with Gasteiger partial charge < -0.3 is 18.9 Å². The number of benzene rings is 2. The minimum atomic E-state index is -0.840. The quantitative estimate of drug-likeness (QED) is 0.160. The molecule has 0 saturated heterocycles. The number of aryl methyl sites for hydroxylation is 1. The van der Waals surface area contributed by atoms with Crippen molar-refractivity contribution in [3.8, 4) is 11.5 Å². The van der Waals surface area contributed by atoms with E-state index in [1.54, 1.807) is 65.3 Å². The molecular formula is C33H40FN3O5. The third-order valence-corrected chi connectivity index (χ3v) is 6.95. The standard InChI is InChI=1S/C33H40FN3O5/c1-20(2)18-33(7,8)37(31(39)41-32(4,5)6)42-26-15-14-25-24-16-17-35-21(3)27(24)30(38)36(29(25)28(26)34)19-22-10-12-23(40-9)13-11-22/h10-17,20H,18-19H2,1-9H3. The van der Waals surface area contributed by atoms with E-state index in [-0.39, 0.29) is 29.3 Å². The van der Waals surface area contributed by atoms with E-state index in [1.807, 2.05) is 39.8 Å². The minimum Gasteiger partial charge on any atom is -0.497 e. The van der Waals surface area contributed by atoms with Crippen molar-refractivity contribution in [3.05, 3.63) is 76.1 Å². The Morgan fingerprint density at radius 1 is 1.02 bits per heavy atom. The highest BCUT2D eigenvalue weighted by atomic mass is 19.1. The second-order valence-electron chi connectivity index (χ2n) is 12.6. The molecule has 0 radical (unpaired) electrons. The molecule has 4 rings (SSSR count). The van der Waals surface area contributed by atoms with Gasteiger partial charge in [0.2, 0.25) is 0 Å². The molecule has 2 aromatic carbocycles. The number of amides is 1. The van der Waals surface area contributed by atoms with Gasteiger partial charge in [-0.3, -0.25) is 9.78 Å². The SMILES string of the molecule is COc1ccc(Cn2c(=O)c3c(C)nccc3c3ccc(ON(C(=O)OC(C)(C)C)C(C)(C)CC(C)C)c(F)c32)cc1. The van der Waals surface area contributed by atoms with E-state index in [4.69, 9.17) is 14.3 Å². The predicted octanol–water partition coefficient (Wildman–Crippen LogP) is 7.41. The molecule has 0 N–H and O–H groups in total. The summed E-state index contributed by atoms with van der Waals surface area (Å²) >= 11 is 0. The molecule has 0 saturated carbocycles. The van der Waals surface area contributed by atoms with Gasteiger partial charge in [0, 0.05) is 11.6 Å². The van der Waals surface area contributed by atoms with Crippen LogP contribution in [0.2, 0.25) is 0 Å². The number of rotatable bonds is 8. The monoisotopic (exact) mass is 577 g/mol. The van der Waals surface area contributed by atoms with Crippen LogP contribution in [0.1, 0.15) is 66.1 Å². The smallest absolute Gasteiger partial charge is 0.444 e. The lowest BCUT2D eigenvalue weighted by atomic mass is 9.92. The van der Waals surface area contributed by atoms with E-state index in [9.17, 15) is 9.59 Å². The molecule has 0 unspecified atom stereocenters. The summed E-state index contributed by atoms with van der Waals surface area (Å²) in [4.78, 5) is 37.7. The fraction of sp³-hybridized carbons (Fsp3) is 0.424. The van der Waals surface area contributed by atoms with Crippen molar-refractivity contribution in [1.29, 1.82) is 0 Å². The van der Waals surface area contributed by atoms with Gasteiger partial charge >= 0.3 is 6.09 Å². The molecule has 1 amide bonds. The molecular weight excluding hydrogens is 537 g/mol. The zero-order valence-electron chi connectivity index (χ0n) is 25.9. The molecule has 0 bridgehead atoms. The van der Waals surface area contributed by atoms with Gasteiger partial charge in [-0.05, 0) is 95.2 Å². The van der Waals surface area contributed by atoms with Crippen molar-refractivity contribution in [2.75, 3.05) is 7.11 Å². The first kappa shape index (κ1) is 30.8. The molecule has 0 atom stereocenters. The summed E-state index contributed by atoms with van der Waals surface area (Å²) in [6.07, 6.45) is 1.44. The first-order chi connectivity index (χ1) is 19.6. The van der Waals surface area contributed by atoms with E-state index in [1.165, 1.54) is 10.6 Å². The number of fused-ring (bicyclic) bond motifs is 3. The van der Waals surface area contributed by atoms with E-state index >= 15 is 4.39 Å². The molecule has 0 fully saturated rings. The lowest BCUT2D eigenvalue weighted by Crippen LogP contribution is -2.52. The van der Waals surface area contributed by atoms with Crippen LogP contribution in [0, 0.1) is 18.7 Å². The Balaban J connectivity index is 1.93. The van der Waals surface area contributed by atoms with Gasteiger partial charge in [-0.15, -0.1) is 5.06 Å². The summed E-state index contributed by atoms with van der Waals surface area (Å²) in [6, 6.07) is 12.1. The molecule has 0 aliphatic carbocycles. The van der Waals surface area contributed by atoms with Crippen LogP contribution < -0.4 is 15.1 Å². The Labute approximate surface area is 246 Å². The lowest BCUT2D eigenvalue weighted by molar-refractivity contribution is -0.131. The third-order valence-electron chi connectivity index (χ3n) is 6.95. The molecule has 0 aliphatic rings. The van der Waals surface area contributed by atoms with E-state index in [0.29, 0.717) is 34.0 Å². The minimum absolute atomic E-state index is 0.0669. The highest BCUT2D eigenvalue weighted by Crippen LogP contribution is 2.34. The Bertz CT molecular complexity index is 1670. The fourth-order valence-electron chi connectivity index (χ4n) is 5.35. The number of pyridine rings is 2. The summed E-state index contributed by atoms with van der Waals surface area (Å²) in [6.45, 7) is 14.9. The van der Waals surface area contributed by atoms with Crippen molar-refractivity contribution in [3.63, 3.8) is 0 Å². The van der Waals surface area contributed by atoms with Crippen molar-refractivity contribution < 1.29 is 23.5 Å². The summed E-state index contributed by atoms with van der Waals surface area (Å²) < 4.78 is 29.0. The largest absolute Gasteiger partial charge is 0.497 e. The zero-order chi connectivity index (χ0) is 31.0. The van der Waals surface area contributed by atoms with Crippen molar-refractivity contribution >= 4 is 27.8 Å². The van der Waals surface area contributed by atoms with E-state index in [0.717, 1.165) is 10.6 Å². The maximum atomic E-state index is 16.7. The number of halogens is 1. The molecule has 0 spiro atoms. The summed E-state index contributed by atoms with van der Waals surface area (Å²) in [5.41, 5.74) is -0.615. The number of hydrogen-bond acceptors (Lipinski definition) is 6. The van der Waals surface area contributed by atoms with Crippen LogP contribution in [-0.2, 0) is 11.3 Å². The molecule has 224 valence electrons. The van der Waals surface area contributed by atoms with Gasteiger partial charge in [-0.25, -0.2) is 9.18 Å². The van der Waals surface area contributed by atoms with E-state index < -0.39 is 23.1 Å². The second-order valence-corrected chi connectivity index (χ2v) is 12.6. The lowest BCUT2D eigenvalue weighted by Gasteiger charge is -2.38. The van der Waals surface area contributed by atoms with Crippen LogP contribution >= 0.6 is 0 Å². The number of hydroxylamine groups is 2. The van der Waals surface area contributed by atoms with Crippen LogP contribution in [-0.4, -0.2) is 39.0 Å². The molecule has 4 aromatic rings. The van der Waals surface area contributed by atoms with E-state index in [2.05, 4.69) is 4.98 Å². The number of carbonyl (C=O) groups is 1. The van der Waals surface area contributed by atoms with Crippen molar-refractivity contribution in [1.82, 2.24) is 14.6 Å². The first-order valence-corrected chi connectivity index (χ1v) is 14.1. The number of aromatic nitrogens is 2. The Hall–Kier alpha value is -4.14. The molecule has 42 heavy (non-hydrogen) atoms. The van der Waals surface area contributed by atoms with Crippen LogP contribution in [0.15, 0.2) is 53.5 Å². The second kappa shape index (κ2) is 11.6. The summed E-state index contributed by atoms with van der Waals surface area (Å²) in [7, 11) is 1.58. The molecule has 0 aliphatic heterocycles. The topological polar surface area (TPSA) is 82.9 Å². The normalized spacial score (nSPS) is 12.2. The summed E-state index contributed by atoms with van der Waals surface area (Å²) in [5.74, 6) is -0.0721. The number of ether oxygens (including phenoxy) is 2. The van der Waals surface area contributed by atoms with Crippen molar-refractivity contribution in [2.45, 2.75) is 79.5 Å². The maximum absolute atomic E-state index is 16.7. The Morgan fingerprint density at radius 2 is 1.69 bits per heavy atom. The van der Waals surface area contributed by atoms with Crippen molar-refractivity contribution in [2.24, 2.45) is 5.92 Å². The fourth-order valence-corrected chi connectivity index (χ4v) is 5.35. The molecule has 9 heteroatoms.